The van der Waals surface area contributed by atoms with Gasteiger partial charge in [0.2, 0.25) is 21.9 Å². The Balaban J connectivity index is 1.56. The molecule has 0 atom stereocenters. The normalized spacial score (nSPS) is 15.5. The number of ketones is 1. The number of benzene rings is 2. The van der Waals surface area contributed by atoms with Crippen molar-refractivity contribution in [2.24, 2.45) is 11.1 Å². The average Bonchev–Trinajstić information content (AvgIpc) is 3.22. The van der Waals surface area contributed by atoms with E-state index in [1.807, 2.05) is 0 Å². The number of carbonyl (C=O) groups excluding carboxylic acids is 2. The summed E-state index contributed by atoms with van der Waals surface area (Å²) >= 11 is 6.07. The molecule has 4 rings (SSSR count). The lowest BCUT2D eigenvalue weighted by Gasteiger charge is -2.33. The van der Waals surface area contributed by atoms with Crippen molar-refractivity contribution in [3.8, 4) is 5.69 Å². The molecule has 3 N–H and O–H groups in total. The molecule has 1 amide bonds. The second-order valence-corrected chi connectivity index (χ2v) is 9.98. The van der Waals surface area contributed by atoms with Crippen LogP contribution in [0.3, 0.4) is 0 Å². The molecule has 0 radical (unpaired) electrons. The Kier molecular flexibility index (Phi) is 6.28. The Bertz CT molecular complexity index is 1380. The van der Waals surface area contributed by atoms with Gasteiger partial charge in [-0.25, -0.2) is 27.0 Å². The highest BCUT2D eigenvalue weighted by atomic mass is 35.5. The molecule has 12 heteroatoms. The van der Waals surface area contributed by atoms with E-state index in [1.54, 1.807) is 24.3 Å². The molecule has 1 aliphatic rings. The Labute approximate surface area is 198 Å². The van der Waals surface area contributed by atoms with Crippen LogP contribution in [0, 0.1) is 5.92 Å². The third-order valence-electron chi connectivity index (χ3n) is 5.43. The first-order chi connectivity index (χ1) is 15.9. The molecule has 1 aliphatic carbocycles. The first-order valence-corrected chi connectivity index (χ1v) is 12.0. The van der Waals surface area contributed by atoms with Crippen LogP contribution in [0.25, 0.3) is 5.69 Å². The number of halogens is 3. The number of aromatic nitrogens is 2. The number of nitrogens with zero attached hydrogens (tertiary/aromatic N) is 2. The topological polar surface area (TPSA) is 124 Å². The third kappa shape index (κ3) is 5.16. The first-order valence-electron chi connectivity index (χ1n) is 10.1. The van der Waals surface area contributed by atoms with Crippen LogP contribution in [-0.2, 0) is 21.2 Å². The Hall–Kier alpha value is -3.15. The number of sulfonamides is 1. The molecule has 3 aromatic rings. The highest BCUT2D eigenvalue weighted by molar-refractivity contribution is 7.89. The number of anilines is 1. The molecule has 34 heavy (non-hydrogen) atoms. The molecular formula is C22H19ClF2N4O4S. The predicted octanol–water partition coefficient (Wildman–Crippen LogP) is 3.58. The molecule has 1 heterocycles. The van der Waals surface area contributed by atoms with E-state index in [9.17, 15) is 26.8 Å². The Morgan fingerprint density at radius 2 is 1.91 bits per heavy atom. The molecule has 1 aromatic heterocycles. The van der Waals surface area contributed by atoms with E-state index >= 15 is 0 Å². The van der Waals surface area contributed by atoms with Gasteiger partial charge >= 0.3 is 0 Å². The zero-order chi connectivity index (χ0) is 24.7. The number of primary sulfonamides is 1. The average molecular weight is 509 g/mol. The zero-order valence-electron chi connectivity index (χ0n) is 17.5. The van der Waals surface area contributed by atoms with E-state index in [4.69, 9.17) is 16.7 Å². The molecule has 178 valence electrons. The summed E-state index contributed by atoms with van der Waals surface area (Å²) in [6.07, 6.45) is 1.37. The molecule has 2 aromatic carbocycles. The van der Waals surface area contributed by atoms with Crippen molar-refractivity contribution in [1.82, 2.24) is 9.78 Å². The maximum absolute atomic E-state index is 13.1. The second-order valence-electron chi connectivity index (χ2n) is 8.04. The van der Waals surface area contributed by atoms with Gasteiger partial charge in [-0.05, 0) is 29.8 Å². The van der Waals surface area contributed by atoms with Crippen molar-refractivity contribution in [1.29, 1.82) is 0 Å². The minimum absolute atomic E-state index is 0.0308. The van der Waals surface area contributed by atoms with Crippen molar-refractivity contribution in [3.05, 3.63) is 71.0 Å². The van der Waals surface area contributed by atoms with Gasteiger partial charge in [-0.2, -0.15) is 5.10 Å². The minimum atomic E-state index is -4.26. The molecule has 0 aliphatic heterocycles. The lowest BCUT2D eigenvalue weighted by atomic mass is 9.77. The molecule has 0 saturated heterocycles. The fraction of sp³-hybridized carbons (Fsp3) is 0.227. The fourth-order valence-corrected chi connectivity index (χ4v) is 4.64. The van der Waals surface area contributed by atoms with Crippen LogP contribution in [0.15, 0.2) is 59.8 Å². The van der Waals surface area contributed by atoms with Gasteiger partial charge < -0.3 is 5.32 Å². The maximum Gasteiger partial charge on any atom is 0.249 e. The SMILES string of the molecule is NS(=O)(=O)c1cc(NC(=O)Cc2ccccc2Cl)ccc1-n1cc(C(=O)C2CC(F)(F)C2)cn1. The summed E-state index contributed by atoms with van der Waals surface area (Å²) in [5.41, 5.74) is 0.885. The van der Waals surface area contributed by atoms with Crippen LogP contribution >= 0.6 is 11.6 Å². The van der Waals surface area contributed by atoms with Crippen LogP contribution in [0.4, 0.5) is 14.5 Å². The number of amides is 1. The summed E-state index contributed by atoms with van der Waals surface area (Å²) < 4.78 is 51.8. The third-order valence-corrected chi connectivity index (χ3v) is 6.74. The van der Waals surface area contributed by atoms with Gasteiger partial charge in [-0.15, -0.1) is 0 Å². The fourth-order valence-electron chi connectivity index (χ4n) is 3.69. The minimum Gasteiger partial charge on any atom is -0.326 e. The van der Waals surface area contributed by atoms with Gasteiger partial charge in [0.1, 0.15) is 4.90 Å². The second kappa shape index (κ2) is 8.90. The first kappa shape index (κ1) is 24.0. The van der Waals surface area contributed by atoms with Gasteiger partial charge in [-0.1, -0.05) is 29.8 Å². The summed E-state index contributed by atoms with van der Waals surface area (Å²) in [5, 5.41) is 12.4. The van der Waals surface area contributed by atoms with Gasteiger partial charge in [0.15, 0.2) is 5.78 Å². The van der Waals surface area contributed by atoms with Crippen LogP contribution in [0.1, 0.15) is 28.8 Å². The van der Waals surface area contributed by atoms with E-state index < -0.39 is 46.4 Å². The van der Waals surface area contributed by atoms with E-state index in [2.05, 4.69) is 10.4 Å². The summed E-state index contributed by atoms with van der Waals surface area (Å²) in [5.74, 6) is -4.56. The van der Waals surface area contributed by atoms with E-state index in [0.717, 1.165) is 4.68 Å². The summed E-state index contributed by atoms with van der Waals surface area (Å²) in [7, 11) is -4.26. The summed E-state index contributed by atoms with van der Waals surface area (Å²) in [4.78, 5) is 24.5. The molecule has 0 bridgehead atoms. The molecule has 1 fully saturated rings. The van der Waals surface area contributed by atoms with Crippen molar-refractivity contribution in [2.75, 3.05) is 5.32 Å². The van der Waals surface area contributed by atoms with E-state index in [1.165, 1.54) is 30.6 Å². The van der Waals surface area contributed by atoms with Gasteiger partial charge in [-0.3, -0.25) is 9.59 Å². The quantitative estimate of drug-likeness (QED) is 0.472. The van der Waals surface area contributed by atoms with Gasteiger partial charge in [0.25, 0.3) is 0 Å². The number of carbonyl (C=O) groups is 2. The number of hydrogen-bond donors (Lipinski definition) is 2. The smallest absolute Gasteiger partial charge is 0.249 e. The van der Waals surface area contributed by atoms with E-state index in [-0.39, 0.29) is 28.3 Å². The van der Waals surface area contributed by atoms with Crippen molar-refractivity contribution >= 4 is 39.0 Å². The maximum atomic E-state index is 13.1. The number of rotatable bonds is 7. The van der Waals surface area contributed by atoms with Crippen molar-refractivity contribution < 1.29 is 26.8 Å². The number of nitrogens with one attached hydrogen (secondary N) is 1. The van der Waals surface area contributed by atoms with Crippen LogP contribution in [0.2, 0.25) is 5.02 Å². The summed E-state index contributed by atoms with van der Waals surface area (Å²) in [6.45, 7) is 0. The molecule has 8 nitrogen and oxygen atoms in total. The lowest BCUT2D eigenvalue weighted by molar-refractivity contribution is -0.115. The van der Waals surface area contributed by atoms with Crippen molar-refractivity contribution in [2.45, 2.75) is 30.1 Å². The lowest BCUT2D eigenvalue weighted by Crippen LogP contribution is -2.39. The molecule has 1 saturated carbocycles. The van der Waals surface area contributed by atoms with Crippen LogP contribution in [-0.4, -0.2) is 35.8 Å². The molecule has 0 spiro atoms. The largest absolute Gasteiger partial charge is 0.326 e. The predicted molar refractivity (Wildman–Crippen MR) is 121 cm³/mol. The van der Waals surface area contributed by atoms with Crippen molar-refractivity contribution in [3.63, 3.8) is 0 Å². The monoisotopic (exact) mass is 508 g/mol. The van der Waals surface area contributed by atoms with E-state index in [0.29, 0.717) is 10.6 Å². The number of nitrogens with two attached hydrogens (primary N) is 1. The van der Waals surface area contributed by atoms with Crippen LogP contribution in [0.5, 0.6) is 0 Å². The highest BCUT2D eigenvalue weighted by Gasteiger charge is 2.48. The number of alkyl halides is 2. The van der Waals surface area contributed by atoms with Gasteiger partial charge in [0.05, 0.1) is 23.9 Å². The molecular weight excluding hydrogens is 490 g/mol. The zero-order valence-corrected chi connectivity index (χ0v) is 19.1. The summed E-state index contributed by atoms with van der Waals surface area (Å²) in [6, 6.07) is 10.8. The number of Topliss-reactive ketones (excluding diaryl/α,β-unsaturated/α-hetero) is 1. The van der Waals surface area contributed by atoms with Crippen LogP contribution < -0.4 is 10.5 Å². The Morgan fingerprint density at radius 1 is 1.21 bits per heavy atom. The standard InChI is InChI=1S/C22H19ClF2N4O4S/c23-17-4-2-1-3-13(17)7-20(30)28-16-5-6-18(19(8-16)34(26,32)33)29-12-15(11-27-29)21(31)14-9-22(24,25)10-14/h1-6,8,11-12,14H,7,9-10H2,(H,28,30)(H2,26,32,33). The number of hydrogen-bond acceptors (Lipinski definition) is 5. The van der Waals surface area contributed by atoms with Gasteiger partial charge in [0, 0.05) is 35.7 Å². The highest BCUT2D eigenvalue weighted by Crippen LogP contribution is 2.43. The molecule has 0 unspecified atom stereocenters. The Morgan fingerprint density at radius 3 is 2.56 bits per heavy atom.